The first-order valence-electron chi connectivity index (χ1n) is 6.33. The van der Waals surface area contributed by atoms with Crippen LogP contribution >= 0.6 is 0 Å². The zero-order chi connectivity index (χ0) is 13.6. The summed E-state index contributed by atoms with van der Waals surface area (Å²) in [6.45, 7) is 0. The Morgan fingerprint density at radius 3 is 2.84 bits per heavy atom. The zero-order valence-corrected chi connectivity index (χ0v) is 10.3. The van der Waals surface area contributed by atoms with Crippen molar-refractivity contribution in [3.8, 4) is 0 Å². The fourth-order valence-corrected chi connectivity index (χ4v) is 2.99. The number of fused-ring (bicyclic) bond motifs is 1. The maximum atomic E-state index is 12.4. The predicted molar refractivity (Wildman–Crippen MR) is 68.2 cm³/mol. The summed E-state index contributed by atoms with van der Waals surface area (Å²) in [6, 6.07) is 4.88. The average Bonchev–Trinajstić information content (AvgIpc) is 2.69. The normalized spacial score (nSPS) is 30.1. The van der Waals surface area contributed by atoms with Crippen LogP contribution in [0.15, 0.2) is 18.2 Å². The number of hydroxylamine groups is 1. The van der Waals surface area contributed by atoms with Crippen LogP contribution in [0.1, 0.15) is 18.4 Å². The Morgan fingerprint density at radius 2 is 2.16 bits per heavy atom. The highest BCUT2D eigenvalue weighted by Gasteiger charge is 2.42. The van der Waals surface area contributed by atoms with Gasteiger partial charge in [-0.25, -0.2) is 0 Å². The van der Waals surface area contributed by atoms with E-state index in [-0.39, 0.29) is 22.9 Å². The molecule has 0 aliphatic carbocycles. The highest BCUT2D eigenvalue weighted by Crippen LogP contribution is 2.29. The first-order valence-corrected chi connectivity index (χ1v) is 6.33. The Hall–Kier alpha value is -1.92. The number of nitrogens with one attached hydrogen (secondary N) is 2. The van der Waals surface area contributed by atoms with E-state index >= 15 is 0 Å². The lowest BCUT2D eigenvalue weighted by Crippen LogP contribution is -3.06. The van der Waals surface area contributed by atoms with Gasteiger partial charge in [0.15, 0.2) is 0 Å². The molecule has 100 valence electrons. The molecule has 2 aliphatic rings. The van der Waals surface area contributed by atoms with Crippen molar-refractivity contribution in [2.24, 2.45) is 5.92 Å². The van der Waals surface area contributed by atoms with Crippen molar-refractivity contribution in [1.82, 2.24) is 5.32 Å². The number of hydrogen-bond acceptors (Lipinski definition) is 4. The molecule has 2 amide bonds. The van der Waals surface area contributed by atoms with Crippen LogP contribution in [-0.4, -0.2) is 17.9 Å². The number of benzene rings is 1. The molecule has 0 saturated carbocycles. The molecular formula is C13H15N3O3. The highest BCUT2D eigenvalue weighted by molar-refractivity contribution is 5.98. The van der Waals surface area contributed by atoms with Crippen molar-refractivity contribution in [3.63, 3.8) is 0 Å². The van der Waals surface area contributed by atoms with Gasteiger partial charge in [-0.2, -0.15) is 0 Å². The Morgan fingerprint density at radius 1 is 1.37 bits per heavy atom. The van der Waals surface area contributed by atoms with Crippen LogP contribution in [0, 0.1) is 11.1 Å². The van der Waals surface area contributed by atoms with Gasteiger partial charge >= 0.3 is 0 Å². The van der Waals surface area contributed by atoms with E-state index in [4.69, 9.17) is 5.73 Å². The zero-order valence-electron chi connectivity index (χ0n) is 10.3. The van der Waals surface area contributed by atoms with Gasteiger partial charge in [0.2, 0.25) is 11.8 Å². The van der Waals surface area contributed by atoms with Crippen LogP contribution in [0.4, 0.5) is 11.4 Å². The molecule has 3 atom stereocenters. The van der Waals surface area contributed by atoms with Crippen LogP contribution in [0.3, 0.4) is 0 Å². The summed E-state index contributed by atoms with van der Waals surface area (Å²) < 4.78 is 0. The van der Waals surface area contributed by atoms with Gasteiger partial charge in [0.1, 0.15) is 11.7 Å². The van der Waals surface area contributed by atoms with Gasteiger partial charge in [0.05, 0.1) is 5.92 Å². The molecule has 2 aliphatic heterocycles. The van der Waals surface area contributed by atoms with E-state index < -0.39 is 5.92 Å². The number of nitrogens with two attached hydrogens (primary N) is 1. The van der Waals surface area contributed by atoms with Crippen LogP contribution in [0.5, 0.6) is 0 Å². The van der Waals surface area contributed by atoms with Crippen molar-refractivity contribution in [2.75, 3.05) is 5.73 Å². The number of rotatable bonds is 1. The van der Waals surface area contributed by atoms with E-state index in [1.165, 1.54) is 0 Å². The summed E-state index contributed by atoms with van der Waals surface area (Å²) in [7, 11) is 0. The maximum Gasteiger partial charge on any atom is 0.235 e. The molecule has 6 heteroatoms. The summed E-state index contributed by atoms with van der Waals surface area (Å²) in [6.07, 6.45) is 1.23. The Kier molecular flexibility index (Phi) is 2.76. The van der Waals surface area contributed by atoms with E-state index in [0.717, 1.165) is 5.56 Å². The van der Waals surface area contributed by atoms with E-state index in [2.05, 4.69) is 5.32 Å². The second kappa shape index (κ2) is 4.32. The molecule has 3 unspecified atom stereocenters. The lowest BCUT2D eigenvalue weighted by molar-refractivity contribution is -0.803. The highest BCUT2D eigenvalue weighted by atomic mass is 16.5. The summed E-state index contributed by atoms with van der Waals surface area (Å²) in [5, 5.41) is 14.6. The van der Waals surface area contributed by atoms with E-state index in [9.17, 15) is 14.8 Å². The lowest BCUT2D eigenvalue weighted by Gasteiger charge is -2.32. The number of hydrogen-bond donors (Lipinski definition) is 3. The van der Waals surface area contributed by atoms with Gasteiger partial charge in [0.25, 0.3) is 0 Å². The maximum absolute atomic E-state index is 12.4. The second-order valence-electron chi connectivity index (χ2n) is 5.11. The van der Waals surface area contributed by atoms with Crippen molar-refractivity contribution in [1.29, 1.82) is 0 Å². The monoisotopic (exact) mass is 261 g/mol. The minimum Gasteiger partial charge on any atom is -0.629 e. The number of quaternary nitrogens is 1. The standard InChI is InChI=1S/C13H15N3O3/c14-9-2-1-3-10-8(9)6-11(16(10)19)7-4-5-12(17)15-13(7)18/h1-3,7,11,16H,4-6,14H2,(H,15,17,18). The molecule has 1 aromatic rings. The molecule has 1 aromatic carbocycles. The molecule has 0 radical (unpaired) electrons. The minimum atomic E-state index is -0.419. The van der Waals surface area contributed by atoms with Crippen LogP contribution < -0.4 is 16.1 Å². The SMILES string of the molecule is Nc1cccc2c1CC(C1CCC(=O)NC1=O)[NH+]2[O-]. The fraction of sp³-hybridized carbons (Fsp3) is 0.385. The summed E-state index contributed by atoms with van der Waals surface area (Å²) in [4.78, 5) is 23.0. The topological polar surface area (TPSA) is 99.7 Å². The molecule has 4 N–H and O–H groups in total. The van der Waals surface area contributed by atoms with Gasteiger partial charge in [0, 0.05) is 24.1 Å². The number of nitrogen functional groups attached to an aromatic ring is 1. The summed E-state index contributed by atoms with van der Waals surface area (Å²) in [5.74, 6) is -1.01. The lowest BCUT2D eigenvalue weighted by atomic mass is 9.88. The van der Waals surface area contributed by atoms with Crippen molar-refractivity contribution < 1.29 is 14.7 Å². The van der Waals surface area contributed by atoms with Gasteiger partial charge in [-0.3, -0.25) is 14.9 Å². The smallest absolute Gasteiger partial charge is 0.235 e. The summed E-state index contributed by atoms with van der Waals surface area (Å²) in [5.41, 5.74) is 7.93. The molecule has 0 aromatic heterocycles. The van der Waals surface area contributed by atoms with Crippen molar-refractivity contribution in [2.45, 2.75) is 25.3 Å². The quantitative estimate of drug-likeness (QED) is 0.352. The number of carbonyl (C=O) groups excluding carboxylic acids is 2. The van der Waals surface area contributed by atoms with E-state index in [1.807, 2.05) is 0 Å². The van der Waals surface area contributed by atoms with Crippen LogP contribution in [-0.2, 0) is 16.0 Å². The molecule has 2 heterocycles. The number of piperidine rings is 1. The van der Waals surface area contributed by atoms with E-state index in [0.29, 0.717) is 30.6 Å². The predicted octanol–water partition coefficient (Wildman–Crippen LogP) is -0.739. The van der Waals surface area contributed by atoms with Crippen LogP contribution in [0.2, 0.25) is 0 Å². The Labute approximate surface area is 110 Å². The molecule has 0 bridgehead atoms. The third kappa shape index (κ3) is 1.89. The molecule has 0 spiro atoms. The number of imide groups is 1. The Balaban J connectivity index is 1.87. The van der Waals surface area contributed by atoms with Gasteiger partial charge in [-0.05, 0) is 18.6 Å². The summed E-state index contributed by atoms with van der Waals surface area (Å²) >= 11 is 0. The van der Waals surface area contributed by atoms with Gasteiger partial charge < -0.3 is 16.0 Å². The third-order valence-corrected chi connectivity index (χ3v) is 4.01. The number of anilines is 1. The largest absolute Gasteiger partial charge is 0.629 e. The second-order valence-corrected chi connectivity index (χ2v) is 5.11. The molecular weight excluding hydrogens is 246 g/mol. The van der Waals surface area contributed by atoms with E-state index in [1.54, 1.807) is 18.2 Å². The first kappa shape index (κ1) is 12.1. The molecule has 3 rings (SSSR count). The third-order valence-electron chi connectivity index (χ3n) is 4.01. The molecule has 1 saturated heterocycles. The van der Waals surface area contributed by atoms with Gasteiger partial charge in [-0.15, -0.1) is 0 Å². The molecule has 6 nitrogen and oxygen atoms in total. The first-order chi connectivity index (χ1) is 9.08. The number of amides is 2. The molecule has 19 heavy (non-hydrogen) atoms. The van der Waals surface area contributed by atoms with Crippen LogP contribution in [0.25, 0.3) is 0 Å². The Bertz CT molecular complexity index is 558. The minimum absolute atomic E-state index is 0.0307. The average molecular weight is 261 g/mol. The molecule has 1 fully saturated rings. The van der Waals surface area contributed by atoms with Crippen molar-refractivity contribution in [3.05, 3.63) is 29.0 Å². The van der Waals surface area contributed by atoms with Gasteiger partial charge in [-0.1, -0.05) is 6.07 Å². The van der Waals surface area contributed by atoms with Crippen molar-refractivity contribution >= 4 is 23.2 Å². The number of carbonyl (C=O) groups is 2. The fourth-order valence-electron chi connectivity index (χ4n) is 2.99.